The van der Waals surface area contributed by atoms with Crippen molar-refractivity contribution in [3.63, 3.8) is 0 Å². The Labute approximate surface area is 122 Å². The predicted molar refractivity (Wildman–Crippen MR) is 80.1 cm³/mol. The number of carbonyl (C=O) groups is 1. The molecule has 0 saturated carbocycles. The van der Waals surface area contributed by atoms with Gasteiger partial charge >= 0.3 is 0 Å². The molecule has 1 unspecified atom stereocenters. The Bertz CT molecular complexity index is 469. The minimum atomic E-state index is -0.160. The smallest absolute Gasteiger partial charge is 0.161 e. The first-order valence-corrected chi connectivity index (χ1v) is 6.93. The van der Waals surface area contributed by atoms with Gasteiger partial charge in [-0.1, -0.05) is 28.9 Å². The second-order valence-corrected chi connectivity index (χ2v) is 5.00. The fraction of sp³-hybridized carbons (Fsp3) is 0.400. The third-order valence-corrected chi connectivity index (χ3v) is 3.71. The fourth-order valence-corrected chi connectivity index (χ4v) is 2.64. The van der Waals surface area contributed by atoms with Crippen LogP contribution >= 0.6 is 15.9 Å². The Morgan fingerprint density at radius 1 is 1.37 bits per heavy atom. The molecule has 3 nitrogen and oxygen atoms in total. The van der Waals surface area contributed by atoms with Gasteiger partial charge in [-0.3, -0.25) is 4.79 Å². The van der Waals surface area contributed by atoms with Crippen molar-refractivity contribution in [2.24, 2.45) is 0 Å². The average molecular weight is 327 g/mol. The second kappa shape index (κ2) is 7.34. The number of allylic oxidation sites excluding steroid dienone is 1. The minimum Gasteiger partial charge on any atom is -0.493 e. The quantitative estimate of drug-likeness (QED) is 0.707. The summed E-state index contributed by atoms with van der Waals surface area (Å²) < 4.78 is 11.4. The van der Waals surface area contributed by atoms with E-state index in [2.05, 4.69) is 22.5 Å². The molecule has 0 aliphatic rings. The summed E-state index contributed by atoms with van der Waals surface area (Å²) in [6, 6.07) is 3.69. The predicted octanol–water partition coefficient (Wildman–Crippen LogP) is 4.11. The largest absolute Gasteiger partial charge is 0.493 e. The molecule has 0 N–H and O–H groups in total. The molecule has 0 amide bonds. The molecule has 1 rings (SSSR count). The van der Waals surface area contributed by atoms with E-state index in [1.807, 2.05) is 19.1 Å². The highest BCUT2D eigenvalue weighted by atomic mass is 79.9. The van der Waals surface area contributed by atoms with Crippen LogP contribution in [0.1, 0.15) is 31.2 Å². The summed E-state index contributed by atoms with van der Waals surface area (Å²) in [5.74, 6) is 1.27. The van der Waals surface area contributed by atoms with Gasteiger partial charge in [0.25, 0.3) is 0 Å². The van der Waals surface area contributed by atoms with Crippen molar-refractivity contribution < 1.29 is 14.3 Å². The normalized spacial score (nSPS) is 11.8. The molecule has 0 spiro atoms. The van der Waals surface area contributed by atoms with Crippen LogP contribution in [0.5, 0.6) is 11.5 Å². The van der Waals surface area contributed by atoms with Gasteiger partial charge in [-0.2, -0.15) is 0 Å². The maximum absolute atomic E-state index is 12.1. The first-order valence-electron chi connectivity index (χ1n) is 6.14. The lowest BCUT2D eigenvalue weighted by molar-refractivity contribution is -0.119. The van der Waals surface area contributed by atoms with Crippen molar-refractivity contribution in [3.05, 3.63) is 34.8 Å². The van der Waals surface area contributed by atoms with E-state index in [9.17, 15) is 4.79 Å². The molecule has 1 atom stereocenters. The molecule has 0 fully saturated rings. The number of ether oxygens (including phenoxy) is 2. The van der Waals surface area contributed by atoms with Crippen LogP contribution in [0, 0.1) is 0 Å². The van der Waals surface area contributed by atoms with E-state index >= 15 is 0 Å². The summed E-state index contributed by atoms with van der Waals surface area (Å²) in [5, 5.41) is 0. The van der Waals surface area contributed by atoms with E-state index < -0.39 is 0 Å². The maximum atomic E-state index is 12.1. The van der Waals surface area contributed by atoms with Gasteiger partial charge in [0.15, 0.2) is 11.5 Å². The van der Waals surface area contributed by atoms with Crippen LogP contribution in [0.15, 0.2) is 29.3 Å². The Kier molecular flexibility index (Phi) is 6.09. The molecular weight excluding hydrogens is 308 g/mol. The highest BCUT2D eigenvalue weighted by Gasteiger charge is 2.22. The standard InChI is InChI=1S/C15H19BrO3/c1-5-7-13(17)10(6-2)11-8-14(18-3)15(19-4)9-12(11)16/h5,8-10H,1,6-7H2,2-4H3. The monoisotopic (exact) mass is 326 g/mol. The number of ketones is 1. The van der Waals surface area contributed by atoms with Gasteiger partial charge in [0, 0.05) is 16.8 Å². The Balaban J connectivity index is 3.23. The van der Waals surface area contributed by atoms with Crippen LogP contribution in [0.4, 0.5) is 0 Å². The lowest BCUT2D eigenvalue weighted by Gasteiger charge is -2.18. The Morgan fingerprint density at radius 3 is 2.42 bits per heavy atom. The minimum absolute atomic E-state index is 0.158. The zero-order valence-corrected chi connectivity index (χ0v) is 13.1. The number of rotatable bonds is 7. The van der Waals surface area contributed by atoms with Crippen molar-refractivity contribution in [1.82, 2.24) is 0 Å². The Hall–Kier alpha value is -1.29. The lowest BCUT2D eigenvalue weighted by Crippen LogP contribution is -2.12. The highest BCUT2D eigenvalue weighted by molar-refractivity contribution is 9.10. The molecule has 0 bridgehead atoms. The van der Waals surface area contributed by atoms with E-state index in [0.717, 1.165) is 16.5 Å². The molecule has 0 heterocycles. The average Bonchev–Trinajstić information content (AvgIpc) is 2.41. The first kappa shape index (κ1) is 15.8. The van der Waals surface area contributed by atoms with Gasteiger partial charge in [0.05, 0.1) is 14.2 Å². The van der Waals surface area contributed by atoms with Gasteiger partial charge in [-0.05, 0) is 24.1 Å². The van der Waals surface area contributed by atoms with Gasteiger partial charge in [-0.25, -0.2) is 0 Å². The summed E-state index contributed by atoms with van der Waals surface area (Å²) >= 11 is 3.50. The third-order valence-electron chi connectivity index (χ3n) is 3.02. The van der Waals surface area contributed by atoms with E-state index in [-0.39, 0.29) is 11.7 Å². The summed E-state index contributed by atoms with van der Waals surface area (Å²) in [7, 11) is 3.17. The van der Waals surface area contributed by atoms with Crippen LogP contribution in [0.25, 0.3) is 0 Å². The van der Waals surface area contributed by atoms with Gasteiger partial charge < -0.3 is 9.47 Å². The number of hydrogen-bond acceptors (Lipinski definition) is 3. The SMILES string of the molecule is C=CCC(=O)C(CC)c1cc(OC)c(OC)cc1Br. The second-order valence-electron chi connectivity index (χ2n) is 4.15. The van der Waals surface area contributed by atoms with Crippen LogP contribution in [-0.2, 0) is 4.79 Å². The summed E-state index contributed by atoms with van der Waals surface area (Å²) in [5.41, 5.74) is 0.923. The molecule has 0 radical (unpaired) electrons. The third kappa shape index (κ3) is 3.60. The Morgan fingerprint density at radius 2 is 1.95 bits per heavy atom. The topological polar surface area (TPSA) is 35.5 Å². The summed E-state index contributed by atoms with van der Waals surface area (Å²) in [6.07, 6.45) is 2.75. The van der Waals surface area contributed by atoms with Crippen molar-refractivity contribution in [3.8, 4) is 11.5 Å². The number of halogens is 1. The molecule has 1 aromatic rings. The van der Waals surface area contributed by atoms with Crippen molar-refractivity contribution >= 4 is 21.7 Å². The fourth-order valence-electron chi connectivity index (χ4n) is 2.04. The van der Waals surface area contributed by atoms with E-state index in [4.69, 9.17) is 9.47 Å². The van der Waals surface area contributed by atoms with Gasteiger partial charge in [-0.15, -0.1) is 6.58 Å². The number of carbonyl (C=O) groups excluding carboxylic acids is 1. The van der Waals surface area contributed by atoms with Crippen LogP contribution in [-0.4, -0.2) is 20.0 Å². The summed E-state index contributed by atoms with van der Waals surface area (Å²) in [6.45, 7) is 5.61. The zero-order chi connectivity index (χ0) is 14.4. The maximum Gasteiger partial charge on any atom is 0.161 e. The number of hydrogen-bond donors (Lipinski definition) is 0. The molecule has 4 heteroatoms. The molecule has 1 aromatic carbocycles. The van der Waals surface area contributed by atoms with Crippen LogP contribution < -0.4 is 9.47 Å². The van der Waals surface area contributed by atoms with Crippen molar-refractivity contribution in [1.29, 1.82) is 0 Å². The van der Waals surface area contributed by atoms with Crippen LogP contribution in [0.2, 0.25) is 0 Å². The number of benzene rings is 1. The molecular formula is C15H19BrO3. The highest BCUT2D eigenvalue weighted by Crippen LogP contribution is 2.38. The van der Waals surface area contributed by atoms with E-state index in [1.165, 1.54) is 0 Å². The molecule has 0 saturated heterocycles. The van der Waals surface area contributed by atoms with Crippen molar-refractivity contribution in [2.75, 3.05) is 14.2 Å². The van der Waals surface area contributed by atoms with Crippen molar-refractivity contribution in [2.45, 2.75) is 25.7 Å². The molecule has 0 aromatic heterocycles. The molecule has 0 aliphatic heterocycles. The van der Waals surface area contributed by atoms with E-state index in [0.29, 0.717) is 17.9 Å². The lowest BCUT2D eigenvalue weighted by atomic mass is 9.90. The van der Waals surface area contributed by atoms with E-state index in [1.54, 1.807) is 20.3 Å². The summed E-state index contributed by atoms with van der Waals surface area (Å²) in [4.78, 5) is 12.1. The molecule has 0 aliphatic carbocycles. The van der Waals surface area contributed by atoms with Gasteiger partial charge in [0.2, 0.25) is 0 Å². The zero-order valence-electron chi connectivity index (χ0n) is 11.5. The van der Waals surface area contributed by atoms with Crippen LogP contribution in [0.3, 0.4) is 0 Å². The first-order chi connectivity index (χ1) is 9.08. The molecule has 104 valence electrons. The van der Waals surface area contributed by atoms with Gasteiger partial charge in [0.1, 0.15) is 5.78 Å². The number of methoxy groups -OCH3 is 2. The number of Topliss-reactive ketones (excluding diaryl/α,β-unsaturated/α-hetero) is 1. The molecule has 19 heavy (non-hydrogen) atoms.